The van der Waals surface area contributed by atoms with Gasteiger partial charge in [-0.05, 0) is 32.0 Å². The molecule has 0 aliphatic carbocycles. The van der Waals surface area contributed by atoms with E-state index in [-0.39, 0.29) is 17.5 Å². The first kappa shape index (κ1) is 13.1. The summed E-state index contributed by atoms with van der Waals surface area (Å²) < 4.78 is 1.47. The van der Waals surface area contributed by atoms with E-state index in [2.05, 4.69) is 5.32 Å². The van der Waals surface area contributed by atoms with Crippen molar-refractivity contribution in [2.75, 3.05) is 0 Å². The molecule has 0 bridgehead atoms. The van der Waals surface area contributed by atoms with Crippen LogP contribution in [0.15, 0.2) is 53.5 Å². The van der Waals surface area contributed by atoms with Gasteiger partial charge in [-0.25, -0.2) is 0 Å². The van der Waals surface area contributed by atoms with Crippen LogP contribution in [-0.4, -0.2) is 16.5 Å². The minimum atomic E-state index is -0.181. The first-order valence-corrected chi connectivity index (χ1v) is 6.17. The number of aromatic nitrogens is 1. The average molecular weight is 256 g/mol. The summed E-state index contributed by atoms with van der Waals surface area (Å²) in [5.74, 6) is -0.181. The average Bonchev–Trinajstić information content (AvgIpc) is 2.39. The van der Waals surface area contributed by atoms with Gasteiger partial charge in [-0.3, -0.25) is 14.2 Å². The molecule has 0 saturated heterocycles. The first-order chi connectivity index (χ1) is 9.08. The highest BCUT2D eigenvalue weighted by Crippen LogP contribution is 2.06. The summed E-state index contributed by atoms with van der Waals surface area (Å²) in [5, 5.41) is 2.80. The Hall–Kier alpha value is -2.36. The molecule has 0 saturated carbocycles. The van der Waals surface area contributed by atoms with Crippen LogP contribution < -0.4 is 10.9 Å². The van der Waals surface area contributed by atoms with Crippen molar-refractivity contribution in [3.05, 3.63) is 64.6 Å². The normalized spacial score (nSPS) is 10.5. The van der Waals surface area contributed by atoms with Crippen LogP contribution in [0.5, 0.6) is 0 Å². The summed E-state index contributed by atoms with van der Waals surface area (Å²) in [7, 11) is 0. The molecule has 4 heteroatoms. The maximum absolute atomic E-state index is 11.9. The van der Waals surface area contributed by atoms with E-state index in [0.29, 0.717) is 5.56 Å². The molecule has 19 heavy (non-hydrogen) atoms. The van der Waals surface area contributed by atoms with Gasteiger partial charge in [-0.15, -0.1) is 0 Å². The van der Waals surface area contributed by atoms with Crippen molar-refractivity contribution in [1.29, 1.82) is 0 Å². The van der Waals surface area contributed by atoms with Crippen LogP contribution in [0.3, 0.4) is 0 Å². The number of nitrogens with zero attached hydrogens (tertiary/aromatic N) is 1. The quantitative estimate of drug-likeness (QED) is 0.912. The number of pyridine rings is 1. The van der Waals surface area contributed by atoms with E-state index in [4.69, 9.17) is 0 Å². The van der Waals surface area contributed by atoms with Crippen molar-refractivity contribution in [3.63, 3.8) is 0 Å². The number of hydrogen-bond acceptors (Lipinski definition) is 2. The van der Waals surface area contributed by atoms with Crippen molar-refractivity contribution in [2.24, 2.45) is 0 Å². The summed E-state index contributed by atoms with van der Waals surface area (Å²) in [5.41, 5.74) is 1.05. The molecule has 1 aromatic carbocycles. The fourth-order valence-corrected chi connectivity index (χ4v) is 1.76. The Kier molecular flexibility index (Phi) is 3.80. The Morgan fingerprint density at radius 1 is 1.11 bits per heavy atom. The van der Waals surface area contributed by atoms with Gasteiger partial charge in [0, 0.05) is 24.0 Å². The van der Waals surface area contributed by atoms with Gasteiger partial charge in [0.1, 0.15) is 0 Å². The third kappa shape index (κ3) is 3.10. The number of benzene rings is 1. The molecule has 98 valence electrons. The summed E-state index contributed by atoms with van der Waals surface area (Å²) in [4.78, 5) is 23.8. The summed E-state index contributed by atoms with van der Waals surface area (Å²) in [6, 6.07) is 12.2. The lowest BCUT2D eigenvalue weighted by molar-refractivity contribution is 0.0942. The van der Waals surface area contributed by atoms with Crippen molar-refractivity contribution in [3.8, 4) is 5.69 Å². The summed E-state index contributed by atoms with van der Waals surface area (Å²) >= 11 is 0. The lowest BCUT2D eigenvalue weighted by atomic mass is 10.2. The van der Waals surface area contributed by atoms with E-state index >= 15 is 0 Å². The molecule has 0 radical (unpaired) electrons. The van der Waals surface area contributed by atoms with Crippen LogP contribution >= 0.6 is 0 Å². The van der Waals surface area contributed by atoms with Crippen molar-refractivity contribution in [2.45, 2.75) is 19.9 Å². The third-order valence-electron chi connectivity index (χ3n) is 2.63. The summed E-state index contributed by atoms with van der Waals surface area (Å²) in [6.07, 6.45) is 1.56. The molecular weight excluding hydrogens is 240 g/mol. The smallest absolute Gasteiger partial charge is 0.255 e. The largest absolute Gasteiger partial charge is 0.350 e. The third-order valence-corrected chi connectivity index (χ3v) is 2.63. The molecular formula is C15H16N2O2. The van der Waals surface area contributed by atoms with Gasteiger partial charge in [0.25, 0.3) is 11.5 Å². The van der Waals surface area contributed by atoms with Gasteiger partial charge in [0.05, 0.1) is 5.56 Å². The predicted molar refractivity (Wildman–Crippen MR) is 74.6 cm³/mol. The van der Waals surface area contributed by atoms with Crippen LogP contribution in [0.25, 0.3) is 5.69 Å². The zero-order valence-electron chi connectivity index (χ0n) is 11.0. The van der Waals surface area contributed by atoms with Crippen molar-refractivity contribution >= 4 is 5.91 Å². The highest BCUT2D eigenvalue weighted by atomic mass is 16.2. The van der Waals surface area contributed by atoms with Crippen molar-refractivity contribution < 1.29 is 4.79 Å². The molecule has 2 aromatic rings. The second-order valence-electron chi connectivity index (χ2n) is 4.59. The fourth-order valence-electron chi connectivity index (χ4n) is 1.76. The van der Waals surface area contributed by atoms with E-state index in [1.54, 1.807) is 12.3 Å². The van der Waals surface area contributed by atoms with Crippen LogP contribution in [0, 0.1) is 0 Å². The zero-order chi connectivity index (χ0) is 13.8. The summed E-state index contributed by atoms with van der Waals surface area (Å²) in [6.45, 7) is 3.79. The number of rotatable bonds is 3. The highest BCUT2D eigenvalue weighted by molar-refractivity contribution is 5.94. The monoisotopic (exact) mass is 256 g/mol. The molecule has 0 atom stereocenters. The lowest BCUT2D eigenvalue weighted by Gasteiger charge is -2.10. The minimum absolute atomic E-state index is 0.0598. The maximum Gasteiger partial charge on any atom is 0.255 e. The Morgan fingerprint density at radius 3 is 2.42 bits per heavy atom. The van der Waals surface area contributed by atoms with E-state index in [0.717, 1.165) is 5.69 Å². The Balaban J connectivity index is 2.41. The Labute approximate surface area is 111 Å². The molecule has 0 spiro atoms. The highest BCUT2D eigenvalue weighted by Gasteiger charge is 2.09. The van der Waals surface area contributed by atoms with Gasteiger partial charge >= 0.3 is 0 Å². The van der Waals surface area contributed by atoms with Gasteiger partial charge < -0.3 is 5.32 Å². The number of nitrogens with one attached hydrogen (secondary N) is 1. The zero-order valence-corrected chi connectivity index (χ0v) is 11.0. The van der Waals surface area contributed by atoms with Gasteiger partial charge in [0.15, 0.2) is 0 Å². The number of carbonyl (C=O) groups excluding carboxylic acids is 1. The van der Waals surface area contributed by atoms with E-state index in [9.17, 15) is 9.59 Å². The van der Waals surface area contributed by atoms with Crippen LogP contribution in [-0.2, 0) is 0 Å². The molecule has 1 N–H and O–H groups in total. The number of para-hydroxylation sites is 1. The number of amides is 1. The molecule has 2 rings (SSSR count). The molecule has 0 fully saturated rings. The Morgan fingerprint density at radius 2 is 1.79 bits per heavy atom. The second-order valence-corrected chi connectivity index (χ2v) is 4.59. The van der Waals surface area contributed by atoms with Gasteiger partial charge in [-0.1, -0.05) is 18.2 Å². The lowest BCUT2D eigenvalue weighted by Crippen LogP contribution is -2.31. The molecule has 0 unspecified atom stereocenters. The topological polar surface area (TPSA) is 51.1 Å². The molecule has 0 aliphatic heterocycles. The van der Waals surface area contributed by atoms with E-state index in [1.165, 1.54) is 10.6 Å². The van der Waals surface area contributed by atoms with Crippen molar-refractivity contribution in [1.82, 2.24) is 9.88 Å². The molecule has 1 aromatic heterocycles. The minimum Gasteiger partial charge on any atom is -0.350 e. The molecule has 0 aliphatic rings. The first-order valence-electron chi connectivity index (χ1n) is 6.17. The van der Waals surface area contributed by atoms with Crippen LogP contribution in [0.2, 0.25) is 0 Å². The maximum atomic E-state index is 11.9. The molecule has 1 amide bonds. The van der Waals surface area contributed by atoms with E-state index in [1.807, 2.05) is 44.2 Å². The standard InChI is InChI=1S/C15H16N2O2/c1-11(2)16-15(19)12-8-9-14(18)17(10-12)13-6-4-3-5-7-13/h3-11H,1-2H3,(H,16,19). The van der Waals surface area contributed by atoms with Crippen LogP contribution in [0.1, 0.15) is 24.2 Å². The van der Waals surface area contributed by atoms with Gasteiger partial charge in [0.2, 0.25) is 0 Å². The fraction of sp³-hybridized carbons (Fsp3) is 0.200. The number of hydrogen-bond donors (Lipinski definition) is 1. The van der Waals surface area contributed by atoms with Gasteiger partial charge in [-0.2, -0.15) is 0 Å². The Bertz CT molecular complexity index is 630. The SMILES string of the molecule is CC(C)NC(=O)c1ccc(=O)n(-c2ccccc2)c1. The molecule has 1 heterocycles. The van der Waals surface area contributed by atoms with E-state index < -0.39 is 0 Å². The van der Waals surface area contributed by atoms with Crippen LogP contribution in [0.4, 0.5) is 0 Å². The second kappa shape index (κ2) is 5.52. The predicted octanol–water partition coefficient (Wildman–Crippen LogP) is 1.98. The molecule has 4 nitrogen and oxygen atoms in total. The number of carbonyl (C=O) groups is 1.